The number of ketones is 1. The summed E-state index contributed by atoms with van der Waals surface area (Å²) >= 11 is 3.09. The molecule has 0 aromatic carbocycles. The molecule has 0 aromatic heterocycles. The molecule has 5 heteroatoms. The molecule has 1 unspecified atom stereocenters. The maximum atomic E-state index is 11.5. The molecule has 1 amide bonds. The second-order valence-corrected chi connectivity index (χ2v) is 5.26. The first-order chi connectivity index (χ1) is 7.06. The summed E-state index contributed by atoms with van der Waals surface area (Å²) in [5, 5.41) is 11.2. The number of hydrogen-bond donors (Lipinski definition) is 2. The zero-order valence-electron chi connectivity index (χ0n) is 8.33. The lowest BCUT2D eigenvalue weighted by atomic mass is 9.67. The van der Waals surface area contributed by atoms with E-state index in [2.05, 4.69) is 21.2 Å². The summed E-state index contributed by atoms with van der Waals surface area (Å²) in [6.45, 7) is 0. The van der Waals surface area contributed by atoms with Gasteiger partial charge in [-0.05, 0) is 37.0 Å². The standard InChI is InChI=1S/C10H14BrNO3/c11-5-7(13)8(12-9(14)15)6-3-10(4-6)1-2-10/h6,8,12H,1-5H2,(H,14,15). The SMILES string of the molecule is O=C(O)NC(C(=O)CBr)C1CC2(CC2)C1. The zero-order chi connectivity index (χ0) is 11.1. The van der Waals surface area contributed by atoms with E-state index in [0.29, 0.717) is 5.41 Å². The maximum absolute atomic E-state index is 11.5. The normalized spacial score (nSPS) is 24.3. The third kappa shape index (κ3) is 2.17. The number of hydrogen-bond acceptors (Lipinski definition) is 2. The van der Waals surface area contributed by atoms with Gasteiger partial charge in [0, 0.05) is 0 Å². The Labute approximate surface area is 96.5 Å². The molecular weight excluding hydrogens is 262 g/mol. The second-order valence-electron chi connectivity index (χ2n) is 4.70. The van der Waals surface area contributed by atoms with Crippen molar-refractivity contribution in [2.45, 2.75) is 31.7 Å². The molecule has 2 aliphatic rings. The van der Waals surface area contributed by atoms with Gasteiger partial charge in [0.25, 0.3) is 0 Å². The third-order valence-corrected chi connectivity index (χ3v) is 4.13. The summed E-state index contributed by atoms with van der Waals surface area (Å²) in [4.78, 5) is 22.1. The lowest BCUT2D eigenvalue weighted by Gasteiger charge is -2.40. The zero-order valence-corrected chi connectivity index (χ0v) is 9.92. The molecule has 0 heterocycles. The fraction of sp³-hybridized carbons (Fsp3) is 0.800. The molecule has 2 rings (SSSR count). The van der Waals surface area contributed by atoms with Gasteiger partial charge in [-0.1, -0.05) is 15.9 Å². The third-order valence-electron chi connectivity index (χ3n) is 3.58. The number of amides is 1. The summed E-state index contributed by atoms with van der Waals surface area (Å²) in [6, 6.07) is -0.506. The molecule has 0 radical (unpaired) electrons. The molecule has 2 saturated carbocycles. The predicted molar refractivity (Wildman–Crippen MR) is 58.1 cm³/mol. The van der Waals surface area contributed by atoms with Gasteiger partial charge in [-0.2, -0.15) is 0 Å². The lowest BCUT2D eigenvalue weighted by Crippen LogP contribution is -2.50. The van der Waals surface area contributed by atoms with Gasteiger partial charge in [0.15, 0.2) is 5.78 Å². The van der Waals surface area contributed by atoms with Crippen LogP contribution in [0.2, 0.25) is 0 Å². The lowest BCUT2D eigenvalue weighted by molar-refractivity contribution is -0.121. The van der Waals surface area contributed by atoms with Gasteiger partial charge < -0.3 is 10.4 Å². The molecule has 2 aliphatic carbocycles. The Bertz CT molecular complexity index is 293. The van der Waals surface area contributed by atoms with Crippen molar-refractivity contribution in [1.29, 1.82) is 0 Å². The molecule has 4 nitrogen and oxygen atoms in total. The highest BCUT2D eigenvalue weighted by Crippen LogP contribution is 2.64. The van der Waals surface area contributed by atoms with Crippen molar-refractivity contribution in [3.05, 3.63) is 0 Å². The van der Waals surface area contributed by atoms with Crippen LogP contribution in [-0.4, -0.2) is 28.4 Å². The van der Waals surface area contributed by atoms with Gasteiger partial charge in [-0.25, -0.2) is 4.79 Å². The number of carboxylic acid groups (broad SMARTS) is 1. The highest BCUT2D eigenvalue weighted by molar-refractivity contribution is 9.09. The van der Waals surface area contributed by atoms with E-state index >= 15 is 0 Å². The average molecular weight is 276 g/mol. The van der Waals surface area contributed by atoms with Gasteiger partial charge in [0.1, 0.15) is 0 Å². The molecule has 2 fully saturated rings. The summed E-state index contributed by atoms with van der Waals surface area (Å²) in [6.07, 6.45) is 3.43. The first kappa shape index (κ1) is 10.9. The van der Waals surface area contributed by atoms with Gasteiger partial charge in [0.05, 0.1) is 11.4 Å². The van der Waals surface area contributed by atoms with E-state index in [1.807, 2.05) is 0 Å². The molecule has 84 valence electrons. The molecule has 0 aliphatic heterocycles. The molecule has 1 atom stereocenters. The summed E-state index contributed by atoms with van der Waals surface area (Å²) < 4.78 is 0. The minimum atomic E-state index is -1.11. The minimum Gasteiger partial charge on any atom is -0.465 e. The number of halogens is 1. The van der Waals surface area contributed by atoms with E-state index in [1.54, 1.807) is 0 Å². The fourth-order valence-electron chi connectivity index (χ4n) is 2.55. The number of nitrogens with one attached hydrogen (secondary N) is 1. The Balaban J connectivity index is 1.93. The van der Waals surface area contributed by atoms with Crippen molar-refractivity contribution < 1.29 is 14.7 Å². The Hall–Kier alpha value is -0.580. The smallest absolute Gasteiger partial charge is 0.405 e. The van der Waals surface area contributed by atoms with Crippen LogP contribution in [0.15, 0.2) is 0 Å². The topological polar surface area (TPSA) is 66.4 Å². The molecule has 0 bridgehead atoms. The summed E-state index contributed by atoms with van der Waals surface area (Å²) in [5.74, 6) is 0.159. The van der Waals surface area contributed by atoms with Gasteiger partial charge in [-0.3, -0.25) is 4.79 Å². The van der Waals surface area contributed by atoms with Gasteiger partial charge in [0.2, 0.25) is 0 Å². The van der Waals surface area contributed by atoms with Crippen LogP contribution < -0.4 is 5.32 Å². The highest BCUT2D eigenvalue weighted by Gasteiger charge is 2.55. The number of carbonyl (C=O) groups excluding carboxylic acids is 1. The van der Waals surface area contributed by atoms with Crippen LogP contribution in [0.4, 0.5) is 4.79 Å². The molecule has 1 spiro atoms. The van der Waals surface area contributed by atoms with Crippen molar-refractivity contribution >= 4 is 27.8 Å². The van der Waals surface area contributed by atoms with E-state index in [9.17, 15) is 9.59 Å². The summed E-state index contributed by atoms with van der Waals surface area (Å²) in [7, 11) is 0. The first-order valence-electron chi connectivity index (χ1n) is 5.14. The Morgan fingerprint density at radius 1 is 1.47 bits per heavy atom. The quantitative estimate of drug-likeness (QED) is 0.769. The monoisotopic (exact) mass is 275 g/mol. The van der Waals surface area contributed by atoms with Crippen LogP contribution >= 0.6 is 15.9 Å². The van der Waals surface area contributed by atoms with E-state index < -0.39 is 12.1 Å². The van der Waals surface area contributed by atoms with Crippen molar-refractivity contribution in [2.24, 2.45) is 11.3 Å². The minimum absolute atomic E-state index is 0.0575. The van der Waals surface area contributed by atoms with Crippen LogP contribution in [-0.2, 0) is 4.79 Å². The van der Waals surface area contributed by atoms with E-state index in [-0.39, 0.29) is 17.0 Å². The molecule has 0 aromatic rings. The van der Waals surface area contributed by atoms with Crippen molar-refractivity contribution in [3.63, 3.8) is 0 Å². The first-order valence-corrected chi connectivity index (χ1v) is 6.27. The van der Waals surface area contributed by atoms with Crippen LogP contribution in [0.25, 0.3) is 0 Å². The molecule has 15 heavy (non-hydrogen) atoms. The van der Waals surface area contributed by atoms with Crippen molar-refractivity contribution in [3.8, 4) is 0 Å². The number of rotatable bonds is 4. The number of alkyl halides is 1. The maximum Gasteiger partial charge on any atom is 0.405 e. The van der Waals surface area contributed by atoms with Crippen molar-refractivity contribution in [1.82, 2.24) is 5.32 Å². The predicted octanol–water partition coefficient (Wildman–Crippen LogP) is 1.78. The van der Waals surface area contributed by atoms with Crippen LogP contribution in [0.1, 0.15) is 25.7 Å². The molecule has 2 N–H and O–H groups in total. The highest BCUT2D eigenvalue weighted by atomic mass is 79.9. The van der Waals surface area contributed by atoms with Crippen molar-refractivity contribution in [2.75, 3.05) is 5.33 Å². The Morgan fingerprint density at radius 3 is 2.47 bits per heavy atom. The van der Waals surface area contributed by atoms with Crippen LogP contribution in [0.5, 0.6) is 0 Å². The Kier molecular flexibility index (Phi) is 2.75. The number of carbonyl (C=O) groups is 2. The van der Waals surface area contributed by atoms with Gasteiger partial charge >= 0.3 is 6.09 Å². The van der Waals surface area contributed by atoms with Crippen LogP contribution in [0, 0.1) is 11.3 Å². The average Bonchev–Trinajstić information content (AvgIpc) is 2.90. The van der Waals surface area contributed by atoms with E-state index in [4.69, 9.17) is 5.11 Å². The van der Waals surface area contributed by atoms with E-state index in [1.165, 1.54) is 12.8 Å². The molecular formula is C10H14BrNO3. The largest absolute Gasteiger partial charge is 0.465 e. The second kappa shape index (κ2) is 3.77. The number of Topliss-reactive ketones (excluding diaryl/α,β-unsaturated/α-hetero) is 1. The van der Waals surface area contributed by atoms with Crippen LogP contribution in [0.3, 0.4) is 0 Å². The summed E-state index contributed by atoms with van der Waals surface area (Å²) in [5.41, 5.74) is 0.496. The molecule has 0 saturated heterocycles. The Morgan fingerprint density at radius 2 is 2.07 bits per heavy atom. The van der Waals surface area contributed by atoms with E-state index in [0.717, 1.165) is 12.8 Å². The fourth-order valence-corrected chi connectivity index (χ4v) is 2.90. The van der Waals surface area contributed by atoms with Gasteiger partial charge in [-0.15, -0.1) is 0 Å².